The molecule has 3 heterocycles. The molecule has 3 aliphatic heterocycles. The first kappa shape index (κ1) is 34.2. The van der Waals surface area contributed by atoms with E-state index in [0.717, 1.165) is 0 Å². The highest BCUT2D eigenvalue weighted by molar-refractivity contribution is 6.12. The average molecular weight is 609 g/mol. The number of nitrogens with two attached hydrogens (primary N) is 5. The second-order valence-corrected chi connectivity index (χ2v) is 11.2. The molecule has 1 saturated carbocycles. The van der Waals surface area contributed by atoms with Gasteiger partial charge in [0.1, 0.15) is 61.0 Å². The fourth-order valence-electron chi connectivity index (χ4n) is 5.74. The first-order valence-electron chi connectivity index (χ1n) is 13.9. The molecule has 0 amide bonds. The zero-order valence-electron chi connectivity index (χ0n) is 22.8. The molecule has 1 aliphatic carbocycles. The van der Waals surface area contributed by atoms with Crippen molar-refractivity contribution in [1.82, 2.24) is 0 Å². The van der Waals surface area contributed by atoms with Crippen LogP contribution in [0.4, 0.5) is 0 Å². The Hall–Kier alpha value is -0.655. The van der Waals surface area contributed by atoms with E-state index in [9.17, 15) is 35.7 Å². The number of aliphatic hydroxyl groups is 7. The highest BCUT2D eigenvalue weighted by Crippen LogP contribution is 2.36. The summed E-state index contributed by atoms with van der Waals surface area (Å²) in [4.78, 5) is 0. The van der Waals surface area contributed by atoms with E-state index in [2.05, 4.69) is 0 Å². The number of ether oxygens (including phenoxy) is 6. The molecule has 0 aromatic carbocycles. The first-order valence-corrected chi connectivity index (χ1v) is 13.9. The summed E-state index contributed by atoms with van der Waals surface area (Å²) in [5.41, 5.74) is 29.6. The van der Waals surface area contributed by atoms with Crippen LogP contribution in [0.15, 0.2) is 0 Å². The van der Waals surface area contributed by atoms with Gasteiger partial charge in [-0.15, -0.1) is 0 Å². The van der Waals surface area contributed by atoms with Crippen LogP contribution in [0.25, 0.3) is 0 Å². The summed E-state index contributed by atoms with van der Waals surface area (Å²) < 4.78 is 34.6. The van der Waals surface area contributed by atoms with Crippen molar-refractivity contribution in [2.75, 3.05) is 19.7 Å². The van der Waals surface area contributed by atoms with Gasteiger partial charge in [-0.3, -0.25) is 0 Å². The first-order chi connectivity index (χ1) is 19.8. The quantitative estimate of drug-likeness (QED) is 0.108. The Morgan fingerprint density at radius 2 is 1.12 bits per heavy atom. The molecule has 0 spiro atoms. The highest BCUT2D eigenvalue weighted by Gasteiger charge is 2.54. The summed E-state index contributed by atoms with van der Waals surface area (Å²) >= 11 is 0. The van der Waals surface area contributed by atoms with Crippen molar-refractivity contribution in [3.63, 3.8) is 0 Å². The van der Waals surface area contributed by atoms with Crippen LogP contribution in [0.2, 0.25) is 5.82 Å². The Balaban J connectivity index is 1.50. The predicted octanol–water partition coefficient (Wildman–Crippen LogP) is -8.27. The third-order valence-corrected chi connectivity index (χ3v) is 8.37. The van der Waals surface area contributed by atoms with Crippen LogP contribution in [0.5, 0.6) is 0 Å². The Labute approximate surface area is 243 Å². The van der Waals surface area contributed by atoms with Crippen LogP contribution < -0.4 is 28.7 Å². The van der Waals surface area contributed by atoms with E-state index < -0.39 is 123 Å². The summed E-state index contributed by atoms with van der Waals surface area (Å²) in [6.45, 7) is -0.967. The fourth-order valence-corrected chi connectivity index (χ4v) is 5.74. The lowest BCUT2D eigenvalue weighted by Crippen LogP contribution is -2.65. The average Bonchev–Trinajstić information content (AvgIpc) is 3.27. The summed E-state index contributed by atoms with van der Waals surface area (Å²) in [7, 11) is 6.04. The summed E-state index contributed by atoms with van der Waals surface area (Å²) in [6.07, 6.45) is -19.8. The maximum atomic E-state index is 11.1. The van der Waals surface area contributed by atoms with Gasteiger partial charge in [0.05, 0.1) is 32.7 Å². The topological polar surface area (TPSA) is 327 Å². The van der Waals surface area contributed by atoms with Gasteiger partial charge in [0.25, 0.3) is 0 Å². The van der Waals surface area contributed by atoms with Crippen molar-refractivity contribution in [3.05, 3.63) is 0 Å². The largest absolute Gasteiger partial charge is 0.394 e. The fraction of sp³-hybridized carbons (Fsp3) is 1.00. The van der Waals surface area contributed by atoms with Gasteiger partial charge >= 0.3 is 0 Å². The monoisotopic (exact) mass is 609 g/mol. The molecular formula is C23H44BN5O13. The van der Waals surface area contributed by atoms with Gasteiger partial charge in [-0.05, 0) is 6.42 Å². The maximum absolute atomic E-state index is 11.1. The highest BCUT2D eigenvalue weighted by atomic mass is 16.8. The van der Waals surface area contributed by atoms with Gasteiger partial charge in [-0.2, -0.15) is 0 Å². The molecule has 4 fully saturated rings. The molecular weight excluding hydrogens is 565 g/mol. The minimum atomic E-state index is -1.60. The maximum Gasteiger partial charge on any atom is 0.187 e. The summed E-state index contributed by atoms with van der Waals surface area (Å²) in [5, 5.41) is 73.0. The van der Waals surface area contributed by atoms with E-state index in [-0.39, 0.29) is 19.5 Å². The van der Waals surface area contributed by atoms with Crippen LogP contribution in [-0.2, 0) is 28.4 Å². The Morgan fingerprint density at radius 1 is 0.595 bits per heavy atom. The Bertz CT molecular complexity index is 872. The van der Waals surface area contributed by atoms with Crippen molar-refractivity contribution in [3.8, 4) is 0 Å². The van der Waals surface area contributed by atoms with Crippen molar-refractivity contribution in [1.29, 1.82) is 0 Å². The van der Waals surface area contributed by atoms with E-state index in [1.54, 1.807) is 0 Å². The molecule has 19 heteroatoms. The summed E-state index contributed by atoms with van der Waals surface area (Å²) in [5.74, 6) is -1.22. The van der Waals surface area contributed by atoms with Gasteiger partial charge in [0, 0.05) is 31.0 Å². The van der Waals surface area contributed by atoms with E-state index in [4.69, 9.17) is 64.9 Å². The molecule has 0 aromatic heterocycles. The molecule has 0 aromatic rings. The second-order valence-electron chi connectivity index (χ2n) is 11.2. The smallest absolute Gasteiger partial charge is 0.187 e. The second kappa shape index (κ2) is 14.2. The Morgan fingerprint density at radius 3 is 1.71 bits per heavy atom. The number of aliphatic hydroxyl groups excluding tert-OH is 7. The van der Waals surface area contributed by atoms with Crippen molar-refractivity contribution < 1.29 is 64.2 Å². The molecule has 18 nitrogen and oxygen atoms in total. The van der Waals surface area contributed by atoms with Crippen LogP contribution in [-0.4, -0.2) is 174 Å². The van der Waals surface area contributed by atoms with Gasteiger partial charge in [-0.1, -0.05) is 0 Å². The van der Waals surface area contributed by atoms with Crippen LogP contribution in [0.3, 0.4) is 0 Å². The molecule has 42 heavy (non-hydrogen) atoms. The van der Waals surface area contributed by atoms with E-state index >= 15 is 0 Å². The lowest BCUT2D eigenvalue weighted by atomic mass is 9.76. The van der Waals surface area contributed by atoms with E-state index in [0.29, 0.717) is 0 Å². The van der Waals surface area contributed by atoms with Crippen molar-refractivity contribution in [2.24, 2.45) is 28.7 Å². The van der Waals surface area contributed by atoms with Crippen LogP contribution in [0.1, 0.15) is 6.42 Å². The number of rotatable bonds is 9. The molecule has 0 bridgehead atoms. The lowest BCUT2D eigenvalue weighted by molar-refractivity contribution is -0.301. The van der Waals surface area contributed by atoms with E-state index in [1.165, 1.54) is 0 Å². The van der Waals surface area contributed by atoms with E-state index in [1.807, 2.05) is 0 Å². The van der Waals surface area contributed by atoms with Crippen LogP contribution >= 0.6 is 0 Å². The number of hydrogen-bond donors (Lipinski definition) is 12. The zero-order chi connectivity index (χ0) is 31.0. The van der Waals surface area contributed by atoms with Crippen molar-refractivity contribution in [2.45, 2.75) is 122 Å². The number of hydrogen-bond acceptors (Lipinski definition) is 18. The minimum absolute atomic E-state index is 0.0889. The van der Waals surface area contributed by atoms with Gasteiger partial charge in [-0.25, -0.2) is 0 Å². The summed E-state index contributed by atoms with van der Waals surface area (Å²) in [6, 6.07) is -2.96. The standard InChI is InChI=1S/C23H44BN5O13/c24-10-15(34)13(32)7(2-25)37-21(10)40-18-6(28)1-5(27)12(31)20(18)42-23-17(36)19(9(4-30)39-23)41-22-11(29)16(35)14(33)8(3-26)38-22/h5-23,30-36H,1-4,25-29H2/t5-,6?,7?,8+,9-,10?,11?,12?,13-,14-,15-,16?,17?,18-,19+,20-,21-,22-,23+/m1/s1. The molecule has 2 radical (unpaired) electrons. The molecule has 4 rings (SSSR count). The Kier molecular flexibility index (Phi) is 11.6. The lowest BCUT2D eigenvalue weighted by Gasteiger charge is -2.47. The molecule has 19 atom stereocenters. The molecule has 17 N–H and O–H groups in total. The van der Waals surface area contributed by atoms with Gasteiger partial charge in [0.15, 0.2) is 18.9 Å². The molecule has 4 aliphatic rings. The zero-order valence-corrected chi connectivity index (χ0v) is 22.8. The molecule has 7 unspecified atom stereocenters. The van der Waals surface area contributed by atoms with Crippen LogP contribution in [0, 0.1) is 0 Å². The molecule has 242 valence electrons. The minimum Gasteiger partial charge on any atom is -0.394 e. The third kappa shape index (κ3) is 6.64. The van der Waals surface area contributed by atoms with Gasteiger partial charge in [0.2, 0.25) is 0 Å². The predicted molar refractivity (Wildman–Crippen MR) is 140 cm³/mol. The normalized spacial score (nSPS) is 53.8. The molecule has 3 saturated heterocycles. The van der Waals surface area contributed by atoms with Gasteiger partial charge < -0.3 is 92.8 Å². The third-order valence-electron chi connectivity index (χ3n) is 8.37. The SMILES string of the molecule is [B]C1[C@@H](O[C@@H]2C(N)C[C@@H](N)C(O)[C@H]2O[C@@H]2O[C@H](CO)[C@H](O[C@H]3O[C@@H](CN)[C@@H](O)C(O)C3N)C2O)OC(CN)[C@@H](O)[C@@H]1O. The van der Waals surface area contributed by atoms with Crippen molar-refractivity contribution >= 4 is 7.85 Å².